The lowest BCUT2D eigenvalue weighted by Crippen LogP contribution is -2.16. The summed E-state index contributed by atoms with van der Waals surface area (Å²) < 4.78 is 17.1. The second kappa shape index (κ2) is 8.87. The molecular weight excluding hydrogens is 334 g/mol. The highest BCUT2D eigenvalue weighted by Gasteiger charge is 2.03. The van der Waals surface area contributed by atoms with Crippen molar-refractivity contribution in [2.75, 3.05) is 20.3 Å². The molecule has 0 fully saturated rings. The maximum Gasteiger partial charge on any atom is 0.129 e. The van der Waals surface area contributed by atoms with Crippen LogP contribution in [0.5, 0.6) is 5.75 Å². The van der Waals surface area contributed by atoms with E-state index in [-0.39, 0.29) is 0 Å². The monoisotopic (exact) mass is 353 g/mol. The Labute approximate surface area is 133 Å². The second-order valence-electron chi connectivity index (χ2n) is 4.62. The summed E-state index contributed by atoms with van der Waals surface area (Å²) in [6, 6.07) is 9.79. The molecule has 1 aromatic carbocycles. The fourth-order valence-electron chi connectivity index (χ4n) is 1.98. The van der Waals surface area contributed by atoms with Crippen LogP contribution in [-0.4, -0.2) is 20.3 Å². The summed E-state index contributed by atoms with van der Waals surface area (Å²) in [7, 11) is 1.69. The molecule has 1 heterocycles. The molecule has 0 aliphatic heterocycles. The third-order valence-electron chi connectivity index (χ3n) is 3.02. The minimum atomic E-state index is 0.534. The molecule has 0 amide bonds. The van der Waals surface area contributed by atoms with E-state index in [1.54, 1.807) is 13.4 Å². The van der Waals surface area contributed by atoms with Gasteiger partial charge in [-0.2, -0.15) is 0 Å². The van der Waals surface area contributed by atoms with Crippen LogP contribution < -0.4 is 10.1 Å². The maximum atomic E-state index is 5.53. The van der Waals surface area contributed by atoms with E-state index in [4.69, 9.17) is 13.9 Å². The first-order valence-electron chi connectivity index (χ1n) is 6.93. The predicted octanol–water partition coefficient (Wildman–Crippen LogP) is 3.75. The molecule has 1 aromatic heterocycles. The van der Waals surface area contributed by atoms with Crippen LogP contribution in [0.4, 0.5) is 0 Å². The lowest BCUT2D eigenvalue weighted by Gasteiger charge is -2.10. The minimum absolute atomic E-state index is 0.534. The van der Waals surface area contributed by atoms with Gasteiger partial charge in [0.15, 0.2) is 0 Å². The predicted molar refractivity (Wildman–Crippen MR) is 85.4 cm³/mol. The summed E-state index contributed by atoms with van der Waals surface area (Å²) in [5.41, 5.74) is 1.14. The van der Waals surface area contributed by atoms with Crippen LogP contribution >= 0.6 is 15.9 Å². The van der Waals surface area contributed by atoms with Crippen LogP contribution in [0.1, 0.15) is 17.7 Å². The molecule has 0 aliphatic rings. The average molecular weight is 354 g/mol. The van der Waals surface area contributed by atoms with Crippen molar-refractivity contribution >= 4 is 15.9 Å². The Balaban J connectivity index is 1.60. The smallest absolute Gasteiger partial charge is 0.129 e. The SMILES string of the molecule is COc1ccc(Br)cc1CNCCCOCc1ccco1. The van der Waals surface area contributed by atoms with Gasteiger partial charge >= 0.3 is 0 Å². The summed E-state index contributed by atoms with van der Waals surface area (Å²) in [5.74, 6) is 1.77. The molecule has 4 nitrogen and oxygen atoms in total. The molecule has 0 spiro atoms. The molecule has 2 rings (SSSR count). The van der Waals surface area contributed by atoms with Crippen molar-refractivity contribution in [1.29, 1.82) is 0 Å². The Hall–Kier alpha value is -1.30. The summed E-state index contributed by atoms with van der Waals surface area (Å²) in [4.78, 5) is 0. The highest BCUT2D eigenvalue weighted by Crippen LogP contribution is 2.22. The van der Waals surface area contributed by atoms with Crippen molar-refractivity contribution in [3.8, 4) is 5.75 Å². The molecule has 0 radical (unpaired) electrons. The van der Waals surface area contributed by atoms with Gasteiger partial charge in [-0.25, -0.2) is 0 Å². The van der Waals surface area contributed by atoms with Gasteiger partial charge in [-0.15, -0.1) is 0 Å². The number of methoxy groups -OCH3 is 1. The van der Waals surface area contributed by atoms with Crippen molar-refractivity contribution < 1.29 is 13.9 Å². The molecule has 0 saturated carbocycles. The first-order chi connectivity index (χ1) is 10.3. The summed E-state index contributed by atoms with van der Waals surface area (Å²) >= 11 is 3.48. The Morgan fingerprint density at radius 1 is 1.29 bits per heavy atom. The summed E-state index contributed by atoms with van der Waals surface area (Å²) in [6.45, 7) is 2.92. The van der Waals surface area contributed by atoms with E-state index in [2.05, 4.69) is 27.3 Å². The lowest BCUT2D eigenvalue weighted by molar-refractivity contribution is 0.104. The third kappa shape index (κ3) is 5.53. The topological polar surface area (TPSA) is 43.6 Å². The minimum Gasteiger partial charge on any atom is -0.496 e. The van der Waals surface area contributed by atoms with Crippen molar-refractivity contribution in [1.82, 2.24) is 5.32 Å². The van der Waals surface area contributed by atoms with Gasteiger partial charge in [-0.05, 0) is 43.3 Å². The first kappa shape index (κ1) is 16.1. The maximum absolute atomic E-state index is 5.53. The number of hydrogen-bond donors (Lipinski definition) is 1. The van der Waals surface area contributed by atoms with Gasteiger partial charge in [0.2, 0.25) is 0 Å². The quantitative estimate of drug-likeness (QED) is 0.697. The van der Waals surface area contributed by atoms with Crippen LogP contribution in [0.15, 0.2) is 45.5 Å². The highest BCUT2D eigenvalue weighted by atomic mass is 79.9. The van der Waals surface area contributed by atoms with Crippen LogP contribution in [0.2, 0.25) is 0 Å². The molecule has 0 bridgehead atoms. The lowest BCUT2D eigenvalue weighted by atomic mass is 10.2. The zero-order valence-corrected chi connectivity index (χ0v) is 13.7. The van der Waals surface area contributed by atoms with Crippen molar-refractivity contribution in [2.45, 2.75) is 19.6 Å². The molecule has 5 heteroatoms. The van der Waals surface area contributed by atoms with Gasteiger partial charge in [0, 0.05) is 23.2 Å². The Bertz CT molecular complexity index is 528. The zero-order chi connectivity index (χ0) is 14.9. The largest absolute Gasteiger partial charge is 0.496 e. The molecule has 114 valence electrons. The molecule has 2 aromatic rings. The normalized spacial score (nSPS) is 10.8. The number of nitrogens with one attached hydrogen (secondary N) is 1. The standard InChI is InChI=1S/C16H20BrNO3/c1-19-16-6-5-14(17)10-13(16)11-18-7-3-8-20-12-15-4-2-9-21-15/h2,4-6,9-10,18H,3,7-8,11-12H2,1H3. The fourth-order valence-corrected chi connectivity index (χ4v) is 2.38. The summed E-state index contributed by atoms with van der Waals surface area (Å²) in [6.07, 6.45) is 2.61. The number of benzene rings is 1. The van der Waals surface area contributed by atoms with Crippen LogP contribution in [0.3, 0.4) is 0 Å². The third-order valence-corrected chi connectivity index (χ3v) is 3.52. The van der Waals surface area contributed by atoms with Gasteiger partial charge in [0.05, 0.1) is 13.4 Å². The van der Waals surface area contributed by atoms with Crippen molar-refractivity contribution in [3.63, 3.8) is 0 Å². The first-order valence-corrected chi connectivity index (χ1v) is 7.72. The number of furan rings is 1. The van der Waals surface area contributed by atoms with E-state index in [0.717, 1.165) is 41.1 Å². The van der Waals surface area contributed by atoms with Gasteiger partial charge in [-0.3, -0.25) is 0 Å². The number of rotatable bonds is 9. The number of hydrogen-bond acceptors (Lipinski definition) is 4. The molecule has 1 N–H and O–H groups in total. The molecule has 0 unspecified atom stereocenters. The molecular formula is C16H20BrNO3. The summed E-state index contributed by atoms with van der Waals surface area (Å²) in [5, 5.41) is 3.39. The average Bonchev–Trinajstić information content (AvgIpc) is 3.00. The van der Waals surface area contributed by atoms with E-state index in [1.807, 2.05) is 24.3 Å². The van der Waals surface area contributed by atoms with E-state index in [1.165, 1.54) is 0 Å². The number of ether oxygens (including phenoxy) is 2. The van der Waals surface area contributed by atoms with Crippen LogP contribution in [0, 0.1) is 0 Å². The highest BCUT2D eigenvalue weighted by molar-refractivity contribution is 9.10. The van der Waals surface area contributed by atoms with Gasteiger partial charge in [-0.1, -0.05) is 15.9 Å². The van der Waals surface area contributed by atoms with Crippen molar-refractivity contribution in [3.05, 3.63) is 52.4 Å². The van der Waals surface area contributed by atoms with Gasteiger partial charge in [0.1, 0.15) is 18.1 Å². The van der Waals surface area contributed by atoms with Gasteiger partial charge in [0.25, 0.3) is 0 Å². The molecule has 0 aliphatic carbocycles. The zero-order valence-electron chi connectivity index (χ0n) is 12.1. The Kier molecular flexibility index (Phi) is 6.79. The van der Waals surface area contributed by atoms with E-state index in [9.17, 15) is 0 Å². The van der Waals surface area contributed by atoms with E-state index in [0.29, 0.717) is 13.2 Å². The second-order valence-corrected chi connectivity index (χ2v) is 5.53. The number of halogens is 1. The van der Waals surface area contributed by atoms with E-state index < -0.39 is 0 Å². The van der Waals surface area contributed by atoms with Crippen molar-refractivity contribution in [2.24, 2.45) is 0 Å². The Morgan fingerprint density at radius 2 is 2.19 bits per heavy atom. The molecule has 21 heavy (non-hydrogen) atoms. The van der Waals surface area contributed by atoms with E-state index >= 15 is 0 Å². The van der Waals surface area contributed by atoms with Gasteiger partial charge < -0.3 is 19.2 Å². The molecule has 0 saturated heterocycles. The van der Waals surface area contributed by atoms with Crippen LogP contribution in [-0.2, 0) is 17.9 Å². The molecule has 0 atom stereocenters. The Morgan fingerprint density at radius 3 is 2.95 bits per heavy atom. The van der Waals surface area contributed by atoms with Crippen LogP contribution in [0.25, 0.3) is 0 Å². The fraction of sp³-hybridized carbons (Fsp3) is 0.375.